The van der Waals surface area contributed by atoms with E-state index < -0.39 is 11.9 Å². The summed E-state index contributed by atoms with van der Waals surface area (Å²) in [6.45, 7) is 0. The minimum absolute atomic E-state index is 0.0163. The van der Waals surface area contributed by atoms with Crippen LogP contribution in [0.25, 0.3) is 11.3 Å². The van der Waals surface area contributed by atoms with E-state index in [4.69, 9.17) is 0 Å². The van der Waals surface area contributed by atoms with Gasteiger partial charge in [0.15, 0.2) is 0 Å². The molecular formula is C14H13N3O4S. The summed E-state index contributed by atoms with van der Waals surface area (Å²) in [5.41, 5.74) is 2.27. The van der Waals surface area contributed by atoms with Gasteiger partial charge in [-0.1, -0.05) is 16.6 Å². The molecule has 8 heteroatoms. The van der Waals surface area contributed by atoms with E-state index in [0.717, 1.165) is 17.3 Å². The van der Waals surface area contributed by atoms with E-state index >= 15 is 0 Å². The van der Waals surface area contributed by atoms with Crippen molar-refractivity contribution in [1.82, 2.24) is 9.59 Å². The maximum Gasteiger partial charge on any atom is 0.354 e. The number of rotatable bonds is 5. The number of methoxy groups -OCH3 is 2. The van der Waals surface area contributed by atoms with Crippen molar-refractivity contribution in [3.63, 3.8) is 0 Å². The number of benzene rings is 1. The Bertz CT molecular complexity index is 681. The van der Waals surface area contributed by atoms with Crippen molar-refractivity contribution in [2.75, 3.05) is 19.5 Å². The van der Waals surface area contributed by atoms with E-state index in [1.54, 1.807) is 12.1 Å². The molecule has 1 aromatic carbocycles. The van der Waals surface area contributed by atoms with E-state index in [9.17, 15) is 9.59 Å². The van der Waals surface area contributed by atoms with E-state index in [2.05, 4.69) is 24.4 Å². The molecule has 1 heterocycles. The molecule has 0 radical (unpaired) electrons. The Morgan fingerprint density at radius 1 is 1.18 bits per heavy atom. The number of ether oxygens (including phenoxy) is 2. The molecule has 0 spiro atoms. The molecule has 0 bridgehead atoms. The van der Waals surface area contributed by atoms with Crippen molar-refractivity contribution in [1.29, 1.82) is 0 Å². The van der Waals surface area contributed by atoms with Gasteiger partial charge in [-0.3, -0.25) is 0 Å². The van der Waals surface area contributed by atoms with Gasteiger partial charge in [-0.25, -0.2) is 9.59 Å². The van der Waals surface area contributed by atoms with E-state index in [-0.39, 0.29) is 5.70 Å². The first-order valence-corrected chi connectivity index (χ1v) is 7.00. The van der Waals surface area contributed by atoms with Crippen LogP contribution in [0.1, 0.15) is 0 Å². The lowest BCUT2D eigenvalue weighted by Gasteiger charge is -2.09. The number of carbonyl (C=O) groups excluding carboxylic acids is 2. The van der Waals surface area contributed by atoms with Crippen LogP contribution in [-0.4, -0.2) is 35.7 Å². The second-order valence-electron chi connectivity index (χ2n) is 4.07. The highest BCUT2D eigenvalue weighted by atomic mass is 32.1. The summed E-state index contributed by atoms with van der Waals surface area (Å²) in [6, 6.07) is 7.16. The number of carbonyl (C=O) groups is 2. The third-order valence-corrected chi connectivity index (χ3v) is 3.19. The zero-order chi connectivity index (χ0) is 15.9. The topological polar surface area (TPSA) is 90.4 Å². The number of hydrogen-bond donors (Lipinski definition) is 1. The summed E-state index contributed by atoms with van der Waals surface area (Å²) in [5.74, 6) is -1.32. The maximum atomic E-state index is 11.6. The summed E-state index contributed by atoms with van der Waals surface area (Å²) < 4.78 is 12.9. The number of aromatic nitrogens is 2. The lowest BCUT2D eigenvalue weighted by molar-refractivity contribution is -0.138. The van der Waals surface area contributed by atoms with Crippen molar-refractivity contribution < 1.29 is 19.1 Å². The second-order valence-corrected chi connectivity index (χ2v) is 4.68. The molecule has 2 rings (SSSR count). The number of anilines is 1. The average Bonchev–Trinajstić information content (AvgIpc) is 3.08. The molecule has 0 fully saturated rings. The Hall–Kier alpha value is -2.74. The molecule has 2 aromatic rings. The molecule has 7 nitrogen and oxygen atoms in total. The molecule has 0 atom stereocenters. The number of hydrogen-bond acceptors (Lipinski definition) is 8. The highest BCUT2D eigenvalue weighted by Gasteiger charge is 2.12. The Morgan fingerprint density at radius 2 is 1.91 bits per heavy atom. The highest BCUT2D eigenvalue weighted by molar-refractivity contribution is 7.03. The van der Waals surface area contributed by atoms with Gasteiger partial charge in [0.1, 0.15) is 11.4 Å². The molecule has 0 aliphatic heterocycles. The molecule has 0 aliphatic rings. The molecule has 0 amide bonds. The molecule has 0 saturated carbocycles. The molecule has 1 N–H and O–H groups in total. The van der Waals surface area contributed by atoms with Crippen LogP contribution >= 0.6 is 11.5 Å². The predicted molar refractivity (Wildman–Crippen MR) is 81.1 cm³/mol. The maximum absolute atomic E-state index is 11.6. The zero-order valence-electron chi connectivity index (χ0n) is 11.9. The Balaban J connectivity index is 2.18. The zero-order valence-corrected chi connectivity index (χ0v) is 12.7. The quantitative estimate of drug-likeness (QED) is 0.664. The first kappa shape index (κ1) is 15.6. The van der Waals surface area contributed by atoms with Gasteiger partial charge >= 0.3 is 11.9 Å². The fraction of sp³-hybridized carbons (Fsp3) is 0.143. The standard InChI is InChI=1S/C14H13N3O4S/c1-20-13(18)7-11(14(19)21-2)15-10-5-3-9(4-6-10)12-8-22-17-16-12/h3-8,15H,1-2H3/b11-7+. The SMILES string of the molecule is COC(=O)/C=C(/Nc1ccc(-c2csnn2)cc1)C(=O)OC. The predicted octanol–water partition coefficient (Wildman–Crippen LogP) is 1.85. The summed E-state index contributed by atoms with van der Waals surface area (Å²) in [7, 11) is 2.46. The van der Waals surface area contributed by atoms with Gasteiger partial charge in [-0.2, -0.15) is 0 Å². The van der Waals surface area contributed by atoms with Crippen molar-refractivity contribution in [3.8, 4) is 11.3 Å². The van der Waals surface area contributed by atoms with Crippen molar-refractivity contribution in [3.05, 3.63) is 41.4 Å². The van der Waals surface area contributed by atoms with E-state index in [0.29, 0.717) is 5.69 Å². The van der Waals surface area contributed by atoms with Crippen LogP contribution in [0.2, 0.25) is 0 Å². The lowest BCUT2D eigenvalue weighted by Crippen LogP contribution is -2.15. The third-order valence-electron chi connectivity index (χ3n) is 2.69. The molecule has 1 aromatic heterocycles. The minimum atomic E-state index is -0.668. The Kier molecular flexibility index (Phi) is 5.21. The number of nitrogens with zero attached hydrogens (tertiary/aromatic N) is 2. The van der Waals surface area contributed by atoms with Crippen LogP contribution in [0.5, 0.6) is 0 Å². The molecular weight excluding hydrogens is 306 g/mol. The number of esters is 2. The molecule has 22 heavy (non-hydrogen) atoms. The third kappa shape index (κ3) is 3.89. The van der Waals surface area contributed by atoms with Crippen LogP contribution in [0, 0.1) is 0 Å². The monoisotopic (exact) mass is 319 g/mol. The first-order chi connectivity index (χ1) is 10.6. The summed E-state index contributed by atoms with van der Waals surface area (Å²) in [5, 5.41) is 8.62. The minimum Gasteiger partial charge on any atom is -0.466 e. The highest BCUT2D eigenvalue weighted by Crippen LogP contribution is 2.21. The summed E-state index contributed by atoms with van der Waals surface area (Å²) in [4.78, 5) is 22.9. The van der Waals surface area contributed by atoms with Crippen LogP contribution in [0.4, 0.5) is 5.69 Å². The van der Waals surface area contributed by atoms with Crippen molar-refractivity contribution in [2.24, 2.45) is 0 Å². The van der Waals surface area contributed by atoms with Gasteiger partial charge in [0.2, 0.25) is 0 Å². The van der Waals surface area contributed by atoms with Gasteiger partial charge in [0.25, 0.3) is 0 Å². The van der Waals surface area contributed by atoms with Crippen LogP contribution in [0.3, 0.4) is 0 Å². The molecule has 114 valence electrons. The normalized spacial score (nSPS) is 10.9. The van der Waals surface area contributed by atoms with Crippen molar-refractivity contribution in [2.45, 2.75) is 0 Å². The van der Waals surface area contributed by atoms with Gasteiger partial charge in [0.05, 0.1) is 20.3 Å². The van der Waals surface area contributed by atoms with Gasteiger partial charge in [-0.05, 0) is 23.7 Å². The Labute approximate surface area is 130 Å². The van der Waals surface area contributed by atoms with Crippen LogP contribution in [0.15, 0.2) is 41.4 Å². The summed E-state index contributed by atoms with van der Waals surface area (Å²) >= 11 is 1.27. The van der Waals surface area contributed by atoms with Gasteiger partial charge in [0, 0.05) is 16.6 Å². The first-order valence-electron chi connectivity index (χ1n) is 6.16. The summed E-state index contributed by atoms with van der Waals surface area (Å²) in [6.07, 6.45) is 1.03. The van der Waals surface area contributed by atoms with Crippen LogP contribution < -0.4 is 5.32 Å². The number of nitrogens with one attached hydrogen (secondary N) is 1. The molecule has 0 saturated heterocycles. The van der Waals surface area contributed by atoms with Gasteiger partial charge < -0.3 is 14.8 Å². The smallest absolute Gasteiger partial charge is 0.354 e. The van der Waals surface area contributed by atoms with Crippen molar-refractivity contribution >= 4 is 29.2 Å². The lowest BCUT2D eigenvalue weighted by atomic mass is 10.1. The molecule has 0 aliphatic carbocycles. The van der Waals surface area contributed by atoms with Gasteiger partial charge in [-0.15, -0.1) is 5.10 Å². The largest absolute Gasteiger partial charge is 0.466 e. The fourth-order valence-corrected chi connectivity index (χ4v) is 2.07. The van der Waals surface area contributed by atoms with E-state index in [1.165, 1.54) is 25.8 Å². The van der Waals surface area contributed by atoms with Crippen LogP contribution in [-0.2, 0) is 19.1 Å². The molecule has 0 unspecified atom stereocenters. The average molecular weight is 319 g/mol. The van der Waals surface area contributed by atoms with E-state index in [1.807, 2.05) is 17.5 Å². The fourth-order valence-electron chi connectivity index (χ4n) is 1.60. The second kappa shape index (κ2) is 7.32. The Morgan fingerprint density at radius 3 is 2.45 bits per heavy atom.